The normalized spacial score (nSPS) is 11.4. The molecular weight excluding hydrogens is 168 g/mol. The van der Waals surface area contributed by atoms with Gasteiger partial charge in [-0.25, -0.2) is 0 Å². The summed E-state index contributed by atoms with van der Waals surface area (Å²) in [5.41, 5.74) is 0. The van der Waals surface area contributed by atoms with Gasteiger partial charge >= 0.3 is 0 Å². The molecule has 0 atom stereocenters. The van der Waals surface area contributed by atoms with E-state index in [1.54, 1.807) is 0 Å². The van der Waals surface area contributed by atoms with Gasteiger partial charge in [-0.1, -0.05) is 0 Å². The summed E-state index contributed by atoms with van der Waals surface area (Å²) in [6, 6.07) is 1.06. The predicted octanol–water partition coefficient (Wildman–Crippen LogP) is 0.780. The lowest BCUT2D eigenvalue weighted by molar-refractivity contribution is 0.112. The van der Waals surface area contributed by atoms with E-state index in [-0.39, 0.29) is 9.76 Å². The molecule has 0 aliphatic rings. The second-order valence-corrected chi connectivity index (χ2v) is 3.75. The van der Waals surface area contributed by atoms with E-state index < -0.39 is 0 Å². The SMILES string of the molecule is CCOCCO[SiH2]CCCl. The first-order chi connectivity index (χ1) is 4.91. The summed E-state index contributed by atoms with van der Waals surface area (Å²) in [5, 5.41) is 0. The standard InChI is InChI=1S/C6H15ClO2Si/c1-2-8-4-5-9-10-6-3-7/h2-6,10H2,1H3. The third-order valence-corrected chi connectivity index (χ3v) is 2.93. The van der Waals surface area contributed by atoms with Crippen LogP contribution in [0.4, 0.5) is 0 Å². The Morgan fingerprint density at radius 2 is 2.20 bits per heavy atom. The van der Waals surface area contributed by atoms with E-state index in [2.05, 4.69) is 0 Å². The van der Waals surface area contributed by atoms with Gasteiger partial charge in [-0.15, -0.1) is 11.6 Å². The Bertz CT molecular complexity index is 55.7. The summed E-state index contributed by atoms with van der Waals surface area (Å²) in [6.45, 7) is 4.24. The van der Waals surface area contributed by atoms with Crippen LogP contribution in [0, 0.1) is 0 Å². The van der Waals surface area contributed by atoms with Crippen LogP contribution in [0.25, 0.3) is 0 Å². The largest absolute Gasteiger partial charge is 0.422 e. The van der Waals surface area contributed by atoms with Crippen molar-refractivity contribution in [2.24, 2.45) is 0 Å². The van der Waals surface area contributed by atoms with Crippen LogP contribution in [0.2, 0.25) is 6.04 Å². The molecule has 0 radical (unpaired) electrons. The highest BCUT2D eigenvalue weighted by molar-refractivity contribution is 6.31. The molecular formula is C6H15ClO2Si. The highest BCUT2D eigenvalue weighted by Crippen LogP contribution is 1.84. The molecule has 2 nitrogen and oxygen atoms in total. The third kappa shape index (κ3) is 8.43. The van der Waals surface area contributed by atoms with Crippen LogP contribution in [0.1, 0.15) is 6.92 Å². The van der Waals surface area contributed by atoms with E-state index in [4.69, 9.17) is 20.8 Å². The topological polar surface area (TPSA) is 18.5 Å². The number of rotatable bonds is 7. The number of ether oxygens (including phenoxy) is 1. The molecule has 0 aromatic heterocycles. The molecule has 0 N–H and O–H groups in total. The van der Waals surface area contributed by atoms with Gasteiger partial charge in [-0.05, 0) is 13.0 Å². The summed E-state index contributed by atoms with van der Waals surface area (Å²) < 4.78 is 10.4. The van der Waals surface area contributed by atoms with Crippen molar-refractivity contribution >= 4 is 21.4 Å². The van der Waals surface area contributed by atoms with Crippen molar-refractivity contribution in [2.75, 3.05) is 25.7 Å². The Balaban J connectivity index is 2.65. The van der Waals surface area contributed by atoms with Crippen LogP contribution in [-0.4, -0.2) is 35.5 Å². The first kappa shape index (κ1) is 10.4. The predicted molar refractivity (Wildman–Crippen MR) is 46.5 cm³/mol. The summed E-state index contributed by atoms with van der Waals surface area (Å²) in [6.07, 6.45) is 0. The van der Waals surface area contributed by atoms with Gasteiger partial charge in [0.25, 0.3) is 0 Å². The Morgan fingerprint density at radius 1 is 1.40 bits per heavy atom. The number of hydrogen-bond donors (Lipinski definition) is 0. The number of alkyl halides is 1. The van der Waals surface area contributed by atoms with E-state index in [9.17, 15) is 0 Å². The third-order valence-electron chi connectivity index (χ3n) is 0.998. The molecule has 62 valence electrons. The molecule has 0 saturated heterocycles. The van der Waals surface area contributed by atoms with E-state index in [1.165, 1.54) is 0 Å². The van der Waals surface area contributed by atoms with Crippen molar-refractivity contribution in [3.05, 3.63) is 0 Å². The lowest BCUT2D eigenvalue weighted by atomic mass is 10.8. The maximum Gasteiger partial charge on any atom is 0.162 e. The minimum atomic E-state index is -0.329. The van der Waals surface area contributed by atoms with Crippen molar-refractivity contribution in [3.8, 4) is 0 Å². The lowest BCUT2D eigenvalue weighted by Gasteiger charge is -2.01. The van der Waals surface area contributed by atoms with Gasteiger partial charge < -0.3 is 9.16 Å². The van der Waals surface area contributed by atoms with E-state index in [1.807, 2.05) is 6.92 Å². The molecule has 0 saturated carbocycles. The average Bonchev–Trinajstić information content (AvgIpc) is 1.97. The Labute approximate surface area is 69.8 Å². The van der Waals surface area contributed by atoms with Crippen molar-refractivity contribution in [3.63, 3.8) is 0 Å². The molecule has 0 spiro atoms. The summed E-state index contributed by atoms with van der Waals surface area (Å²) >= 11 is 5.47. The maximum absolute atomic E-state index is 5.47. The smallest absolute Gasteiger partial charge is 0.162 e. The highest BCUT2D eigenvalue weighted by atomic mass is 35.5. The summed E-state index contributed by atoms with van der Waals surface area (Å²) in [7, 11) is -0.329. The molecule has 0 bridgehead atoms. The molecule has 0 aliphatic heterocycles. The number of halogens is 1. The van der Waals surface area contributed by atoms with Gasteiger partial charge in [0.1, 0.15) is 0 Å². The van der Waals surface area contributed by atoms with Gasteiger partial charge in [0, 0.05) is 12.5 Å². The molecule has 4 heteroatoms. The highest BCUT2D eigenvalue weighted by Gasteiger charge is 1.87. The van der Waals surface area contributed by atoms with Crippen LogP contribution in [-0.2, 0) is 9.16 Å². The van der Waals surface area contributed by atoms with Crippen molar-refractivity contribution in [1.29, 1.82) is 0 Å². The van der Waals surface area contributed by atoms with Crippen LogP contribution in [0.3, 0.4) is 0 Å². The second kappa shape index (κ2) is 9.43. The van der Waals surface area contributed by atoms with Gasteiger partial charge in [0.15, 0.2) is 9.76 Å². The molecule has 0 aromatic carbocycles. The van der Waals surface area contributed by atoms with Crippen LogP contribution < -0.4 is 0 Å². The van der Waals surface area contributed by atoms with E-state index in [0.29, 0.717) is 0 Å². The van der Waals surface area contributed by atoms with Gasteiger partial charge in [0.2, 0.25) is 0 Å². The van der Waals surface area contributed by atoms with Gasteiger partial charge in [0.05, 0.1) is 13.2 Å². The number of hydrogen-bond acceptors (Lipinski definition) is 2. The van der Waals surface area contributed by atoms with Gasteiger partial charge in [-0.2, -0.15) is 0 Å². The first-order valence-corrected chi connectivity index (χ1v) is 5.74. The fourth-order valence-corrected chi connectivity index (χ4v) is 1.48. The summed E-state index contributed by atoms with van der Waals surface area (Å²) in [4.78, 5) is 0. The molecule has 0 unspecified atom stereocenters. The zero-order valence-electron chi connectivity index (χ0n) is 6.44. The van der Waals surface area contributed by atoms with Crippen molar-refractivity contribution < 1.29 is 9.16 Å². The molecule has 0 amide bonds. The van der Waals surface area contributed by atoms with E-state index in [0.717, 1.165) is 31.7 Å². The Hall–Kier alpha value is 0.427. The van der Waals surface area contributed by atoms with E-state index >= 15 is 0 Å². The quantitative estimate of drug-likeness (QED) is 0.329. The molecule has 0 aromatic rings. The monoisotopic (exact) mass is 182 g/mol. The minimum Gasteiger partial charge on any atom is -0.422 e. The molecule has 0 fully saturated rings. The Kier molecular flexibility index (Phi) is 9.83. The maximum atomic E-state index is 5.47. The second-order valence-electron chi connectivity index (χ2n) is 1.85. The van der Waals surface area contributed by atoms with Crippen LogP contribution in [0.15, 0.2) is 0 Å². The van der Waals surface area contributed by atoms with Crippen molar-refractivity contribution in [1.82, 2.24) is 0 Å². The molecule has 0 heterocycles. The fraction of sp³-hybridized carbons (Fsp3) is 1.00. The van der Waals surface area contributed by atoms with Crippen molar-refractivity contribution in [2.45, 2.75) is 13.0 Å². The van der Waals surface area contributed by atoms with Crippen LogP contribution >= 0.6 is 11.6 Å². The fourth-order valence-electron chi connectivity index (χ4n) is 0.521. The first-order valence-electron chi connectivity index (χ1n) is 3.63. The zero-order chi connectivity index (χ0) is 7.66. The lowest BCUT2D eigenvalue weighted by Crippen LogP contribution is -2.07. The zero-order valence-corrected chi connectivity index (χ0v) is 8.61. The Morgan fingerprint density at radius 3 is 2.80 bits per heavy atom. The molecule has 10 heavy (non-hydrogen) atoms. The van der Waals surface area contributed by atoms with Gasteiger partial charge in [-0.3, -0.25) is 0 Å². The van der Waals surface area contributed by atoms with Crippen LogP contribution in [0.5, 0.6) is 0 Å². The average molecular weight is 183 g/mol. The molecule has 0 rings (SSSR count). The summed E-state index contributed by atoms with van der Waals surface area (Å²) in [5.74, 6) is 0.737. The minimum absolute atomic E-state index is 0.329. The molecule has 0 aliphatic carbocycles.